The molecule has 0 saturated carbocycles. The van der Waals surface area contributed by atoms with Gasteiger partial charge in [0.1, 0.15) is 0 Å². The molecule has 24 heavy (non-hydrogen) atoms. The molecule has 1 amide bonds. The Morgan fingerprint density at radius 2 is 1.75 bits per heavy atom. The molecule has 8 nitrogen and oxygen atoms in total. The molecule has 3 rings (SSSR count). The molecule has 0 bridgehead atoms. The number of hydrazine groups is 1. The molecule has 1 aromatic rings. The zero-order chi connectivity index (χ0) is 17.2. The Labute approximate surface area is 140 Å². The third-order valence-corrected chi connectivity index (χ3v) is 5.84. The van der Waals surface area contributed by atoms with Crippen LogP contribution >= 0.6 is 0 Å². The van der Waals surface area contributed by atoms with Crippen LogP contribution < -0.4 is 16.3 Å². The number of hydrogen-bond acceptors (Lipinski definition) is 6. The molecule has 0 spiro atoms. The monoisotopic (exact) mass is 349 g/mol. The highest BCUT2D eigenvalue weighted by molar-refractivity contribution is 7.89. The standard InChI is InChI=1S/C15H19N5O3S/c1-11-14(15(21)19-16-11)18-17-12-5-7-13(8-6-12)24(22,23)20-9-3-2-4-10-20/h5-8,16-17H,1-4,9-10H2,(H,19,21). The third-order valence-electron chi connectivity index (χ3n) is 3.93. The molecule has 1 aromatic carbocycles. The number of hydrazone groups is 1. The summed E-state index contributed by atoms with van der Waals surface area (Å²) in [6, 6.07) is 6.30. The first-order chi connectivity index (χ1) is 11.5. The fourth-order valence-corrected chi connectivity index (χ4v) is 4.10. The number of carbonyl (C=O) groups excluding carboxylic acids is 1. The number of amides is 1. The highest BCUT2D eigenvalue weighted by Crippen LogP contribution is 2.22. The van der Waals surface area contributed by atoms with Gasteiger partial charge in [0.05, 0.1) is 16.3 Å². The van der Waals surface area contributed by atoms with E-state index in [1.165, 1.54) is 16.4 Å². The fraction of sp³-hybridized carbons (Fsp3) is 0.333. The van der Waals surface area contributed by atoms with Crippen molar-refractivity contribution >= 4 is 27.3 Å². The molecule has 2 fully saturated rings. The lowest BCUT2D eigenvalue weighted by Gasteiger charge is -2.25. The molecular formula is C15H19N5O3S. The number of hydrogen-bond donors (Lipinski definition) is 3. The average molecular weight is 349 g/mol. The summed E-state index contributed by atoms with van der Waals surface area (Å²) in [5.74, 6) is -0.378. The van der Waals surface area contributed by atoms with Crippen LogP contribution in [-0.2, 0) is 14.8 Å². The van der Waals surface area contributed by atoms with Crippen LogP contribution in [0.3, 0.4) is 0 Å². The summed E-state index contributed by atoms with van der Waals surface area (Å²) >= 11 is 0. The van der Waals surface area contributed by atoms with E-state index in [4.69, 9.17) is 0 Å². The van der Waals surface area contributed by atoms with Gasteiger partial charge in [0.2, 0.25) is 10.0 Å². The number of nitrogens with one attached hydrogen (secondary N) is 3. The van der Waals surface area contributed by atoms with Crippen LogP contribution in [0.5, 0.6) is 0 Å². The predicted octanol–water partition coefficient (Wildman–Crippen LogP) is 0.777. The molecule has 128 valence electrons. The predicted molar refractivity (Wildman–Crippen MR) is 90.5 cm³/mol. The van der Waals surface area contributed by atoms with E-state index in [0.29, 0.717) is 24.5 Å². The lowest BCUT2D eigenvalue weighted by Crippen LogP contribution is -2.35. The number of sulfonamides is 1. The Balaban J connectivity index is 1.72. The van der Waals surface area contributed by atoms with Crippen molar-refractivity contribution in [1.82, 2.24) is 15.2 Å². The number of benzene rings is 1. The molecule has 0 atom stereocenters. The van der Waals surface area contributed by atoms with Crippen molar-refractivity contribution in [1.29, 1.82) is 0 Å². The number of piperidine rings is 1. The van der Waals surface area contributed by atoms with Crippen LogP contribution in [0.15, 0.2) is 46.5 Å². The van der Waals surface area contributed by atoms with Crippen LogP contribution in [0.25, 0.3) is 0 Å². The Hall–Kier alpha value is -2.39. The van der Waals surface area contributed by atoms with Crippen LogP contribution in [0, 0.1) is 0 Å². The van der Waals surface area contributed by atoms with Gasteiger partial charge in [-0.3, -0.25) is 21.1 Å². The van der Waals surface area contributed by atoms with E-state index in [-0.39, 0.29) is 16.5 Å². The number of nitrogens with zero attached hydrogens (tertiary/aromatic N) is 2. The van der Waals surface area contributed by atoms with Crippen molar-refractivity contribution < 1.29 is 13.2 Å². The molecule has 0 radical (unpaired) electrons. The fourth-order valence-electron chi connectivity index (χ4n) is 2.58. The minimum atomic E-state index is -3.45. The molecule has 2 saturated heterocycles. The van der Waals surface area contributed by atoms with Gasteiger partial charge in [-0.1, -0.05) is 13.0 Å². The van der Waals surface area contributed by atoms with Gasteiger partial charge in [0.15, 0.2) is 5.71 Å². The second-order valence-corrected chi connectivity index (χ2v) is 7.56. The first kappa shape index (κ1) is 16.5. The smallest absolute Gasteiger partial charge is 0.292 e. The van der Waals surface area contributed by atoms with Gasteiger partial charge in [0.25, 0.3) is 5.91 Å². The molecule has 0 unspecified atom stereocenters. The summed E-state index contributed by atoms with van der Waals surface area (Å²) in [6.45, 7) is 4.79. The third kappa shape index (κ3) is 3.26. The molecule has 2 aliphatic rings. The van der Waals surface area contributed by atoms with Gasteiger partial charge in [-0.25, -0.2) is 8.42 Å². The maximum atomic E-state index is 12.6. The second kappa shape index (κ2) is 6.62. The summed E-state index contributed by atoms with van der Waals surface area (Å²) in [6.07, 6.45) is 2.87. The Morgan fingerprint density at radius 3 is 2.33 bits per heavy atom. The number of anilines is 1. The van der Waals surface area contributed by atoms with E-state index in [1.54, 1.807) is 12.1 Å². The lowest BCUT2D eigenvalue weighted by atomic mass is 10.2. The maximum Gasteiger partial charge on any atom is 0.292 e. The van der Waals surface area contributed by atoms with Crippen LogP contribution in [0.1, 0.15) is 19.3 Å². The normalized spacial score (nSPS) is 20.8. The molecule has 2 aliphatic heterocycles. The zero-order valence-corrected chi connectivity index (χ0v) is 13.9. The Bertz CT molecular complexity index is 762. The zero-order valence-electron chi connectivity index (χ0n) is 13.1. The molecule has 0 aliphatic carbocycles. The van der Waals surface area contributed by atoms with E-state index in [2.05, 4.69) is 28.0 Å². The molecule has 3 N–H and O–H groups in total. The van der Waals surface area contributed by atoms with Crippen molar-refractivity contribution in [2.24, 2.45) is 5.10 Å². The van der Waals surface area contributed by atoms with E-state index in [0.717, 1.165) is 19.3 Å². The molecule has 0 aromatic heterocycles. The summed E-state index contributed by atoms with van der Waals surface area (Å²) < 4.78 is 26.6. The summed E-state index contributed by atoms with van der Waals surface area (Å²) in [4.78, 5) is 11.7. The minimum absolute atomic E-state index is 0.153. The van der Waals surface area contributed by atoms with Gasteiger partial charge in [-0.2, -0.15) is 9.41 Å². The first-order valence-corrected chi connectivity index (χ1v) is 9.12. The topological polar surface area (TPSA) is 103 Å². The summed E-state index contributed by atoms with van der Waals surface area (Å²) in [5, 5.41) is 3.97. The van der Waals surface area contributed by atoms with Gasteiger partial charge in [-0.05, 0) is 37.1 Å². The first-order valence-electron chi connectivity index (χ1n) is 7.68. The van der Waals surface area contributed by atoms with Crippen molar-refractivity contribution in [3.63, 3.8) is 0 Å². The quantitative estimate of drug-likeness (QED) is 0.697. The van der Waals surface area contributed by atoms with E-state index in [1.807, 2.05) is 0 Å². The highest BCUT2D eigenvalue weighted by Gasteiger charge is 2.26. The summed E-state index contributed by atoms with van der Waals surface area (Å²) in [7, 11) is -3.45. The van der Waals surface area contributed by atoms with Crippen molar-refractivity contribution in [3.05, 3.63) is 36.5 Å². The van der Waals surface area contributed by atoms with Gasteiger partial charge in [0, 0.05) is 13.1 Å². The minimum Gasteiger partial charge on any atom is -0.296 e. The molecule has 2 heterocycles. The lowest BCUT2D eigenvalue weighted by molar-refractivity contribution is -0.114. The largest absolute Gasteiger partial charge is 0.296 e. The SMILES string of the molecule is C=C1NNC(=O)C1=NNc1ccc(S(=O)(=O)N2CCCCC2)cc1. The Morgan fingerprint density at radius 1 is 1.08 bits per heavy atom. The Kier molecular flexibility index (Phi) is 4.54. The van der Waals surface area contributed by atoms with Crippen LogP contribution in [0.4, 0.5) is 5.69 Å². The van der Waals surface area contributed by atoms with E-state index in [9.17, 15) is 13.2 Å². The average Bonchev–Trinajstić information content (AvgIpc) is 2.92. The number of rotatable bonds is 4. The second-order valence-electron chi connectivity index (χ2n) is 5.62. The highest BCUT2D eigenvalue weighted by atomic mass is 32.2. The van der Waals surface area contributed by atoms with Crippen molar-refractivity contribution in [3.8, 4) is 0 Å². The van der Waals surface area contributed by atoms with Crippen molar-refractivity contribution in [2.75, 3.05) is 18.5 Å². The van der Waals surface area contributed by atoms with Crippen LogP contribution in [0.2, 0.25) is 0 Å². The van der Waals surface area contributed by atoms with Gasteiger partial charge in [-0.15, -0.1) is 0 Å². The van der Waals surface area contributed by atoms with Crippen molar-refractivity contribution in [2.45, 2.75) is 24.2 Å². The van der Waals surface area contributed by atoms with Gasteiger partial charge < -0.3 is 0 Å². The molecule has 9 heteroatoms. The maximum absolute atomic E-state index is 12.6. The number of carbonyl (C=O) groups is 1. The van der Waals surface area contributed by atoms with Crippen LogP contribution in [-0.4, -0.2) is 37.4 Å². The molecular weight excluding hydrogens is 330 g/mol. The van der Waals surface area contributed by atoms with E-state index >= 15 is 0 Å². The summed E-state index contributed by atoms with van der Waals surface area (Å²) in [5.41, 5.74) is 8.77. The van der Waals surface area contributed by atoms with E-state index < -0.39 is 10.0 Å². The van der Waals surface area contributed by atoms with Gasteiger partial charge >= 0.3 is 0 Å².